The lowest BCUT2D eigenvalue weighted by Gasteiger charge is -2.06. The molecule has 0 aliphatic rings. The van der Waals surface area contributed by atoms with Gasteiger partial charge >= 0.3 is 0 Å². The zero-order chi connectivity index (χ0) is 12.1. The molecule has 0 saturated carbocycles. The minimum Gasteiger partial charge on any atom is -0.487 e. The van der Waals surface area contributed by atoms with Crippen molar-refractivity contribution in [2.75, 3.05) is 0 Å². The summed E-state index contributed by atoms with van der Waals surface area (Å²) in [6.07, 6.45) is 1.63. The van der Waals surface area contributed by atoms with Gasteiger partial charge in [0.05, 0.1) is 11.9 Å². The Morgan fingerprint density at radius 3 is 2.47 bits per heavy atom. The van der Waals surface area contributed by atoms with E-state index < -0.39 is 0 Å². The molecule has 0 aliphatic heterocycles. The third-order valence-electron chi connectivity index (χ3n) is 2.33. The van der Waals surface area contributed by atoms with Gasteiger partial charge in [-0.25, -0.2) is 4.39 Å². The summed E-state index contributed by atoms with van der Waals surface area (Å²) in [5.74, 6) is 0.425. The molecule has 2 rings (SSSR count). The molecule has 3 nitrogen and oxygen atoms in total. The Balaban J connectivity index is 1.95. The van der Waals surface area contributed by atoms with E-state index in [9.17, 15) is 4.39 Å². The maximum Gasteiger partial charge on any atom is 0.138 e. The zero-order valence-electron chi connectivity index (χ0n) is 9.27. The number of nitrogens with zero attached hydrogens (tertiary/aromatic N) is 1. The van der Waals surface area contributed by atoms with Crippen molar-refractivity contribution in [1.29, 1.82) is 0 Å². The van der Waals surface area contributed by atoms with Gasteiger partial charge in [0.15, 0.2) is 0 Å². The lowest BCUT2D eigenvalue weighted by molar-refractivity contribution is 0.304. The van der Waals surface area contributed by atoms with Crippen LogP contribution in [0.2, 0.25) is 0 Å². The van der Waals surface area contributed by atoms with Crippen LogP contribution >= 0.6 is 0 Å². The van der Waals surface area contributed by atoms with Crippen molar-refractivity contribution in [2.24, 2.45) is 5.73 Å². The van der Waals surface area contributed by atoms with E-state index in [1.54, 1.807) is 18.3 Å². The average Bonchev–Trinajstić information content (AvgIpc) is 2.39. The Labute approximate surface area is 99.1 Å². The second-order valence-corrected chi connectivity index (χ2v) is 3.60. The SMILES string of the molecule is NCc1ccc(OCc2ccc(F)cc2)cn1. The van der Waals surface area contributed by atoms with Crippen molar-refractivity contribution in [1.82, 2.24) is 4.98 Å². The molecular weight excluding hydrogens is 219 g/mol. The quantitative estimate of drug-likeness (QED) is 0.879. The first kappa shape index (κ1) is 11.5. The van der Waals surface area contributed by atoms with Crippen LogP contribution in [-0.2, 0) is 13.2 Å². The minimum absolute atomic E-state index is 0.247. The van der Waals surface area contributed by atoms with Crippen molar-refractivity contribution < 1.29 is 9.13 Å². The molecule has 1 aromatic heterocycles. The number of hydrogen-bond donors (Lipinski definition) is 1. The van der Waals surface area contributed by atoms with Gasteiger partial charge < -0.3 is 10.5 Å². The fourth-order valence-corrected chi connectivity index (χ4v) is 1.36. The number of nitrogens with two attached hydrogens (primary N) is 1. The lowest BCUT2D eigenvalue weighted by Crippen LogP contribution is -2.00. The molecule has 2 aromatic rings. The Morgan fingerprint density at radius 1 is 1.12 bits per heavy atom. The molecule has 0 atom stereocenters. The van der Waals surface area contributed by atoms with Crippen molar-refractivity contribution in [3.05, 3.63) is 59.7 Å². The number of aromatic nitrogens is 1. The molecule has 1 aromatic carbocycles. The standard InChI is InChI=1S/C13H13FN2O/c14-11-3-1-10(2-4-11)9-17-13-6-5-12(7-15)16-8-13/h1-6,8H,7,9,15H2. The monoisotopic (exact) mass is 232 g/mol. The molecule has 88 valence electrons. The average molecular weight is 232 g/mol. The fourth-order valence-electron chi connectivity index (χ4n) is 1.36. The van der Waals surface area contributed by atoms with Crippen LogP contribution < -0.4 is 10.5 Å². The van der Waals surface area contributed by atoms with Crippen LogP contribution in [0.5, 0.6) is 5.75 Å². The molecule has 4 heteroatoms. The Morgan fingerprint density at radius 2 is 1.88 bits per heavy atom. The van der Waals surface area contributed by atoms with Crippen LogP contribution in [0.15, 0.2) is 42.6 Å². The van der Waals surface area contributed by atoms with E-state index >= 15 is 0 Å². The summed E-state index contributed by atoms with van der Waals surface area (Å²) in [6, 6.07) is 9.84. The largest absolute Gasteiger partial charge is 0.487 e. The van der Waals surface area contributed by atoms with Gasteiger partial charge in [0.25, 0.3) is 0 Å². The predicted molar refractivity (Wildman–Crippen MR) is 62.9 cm³/mol. The van der Waals surface area contributed by atoms with Gasteiger partial charge in [0.2, 0.25) is 0 Å². The maximum atomic E-state index is 12.7. The van der Waals surface area contributed by atoms with Crippen molar-refractivity contribution in [2.45, 2.75) is 13.2 Å². The summed E-state index contributed by atoms with van der Waals surface area (Å²) >= 11 is 0. The van der Waals surface area contributed by atoms with E-state index in [1.807, 2.05) is 12.1 Å². The molecule has 0 bridgehead atoms. The summed E-state index contributed by atoms with van der Waals surface area (Å²) in [7, 11) is 0. The van der Waals surface area contributed by atoms with Gasteiger partial charge in [-0.05, 0) is 29.8 Å². The van der Waals surface area contributed by atoms with E-state index in [-0.39, 0.29) is 5.82 Å². The van der Waals surface area contributed by atoms with Crippen LogP contribution in [0.3, 0.4) is 0 Å². The van der Waals surface area contributed by atoms with Crippen LogP contribution in [0.25, 0.3) is 0 Å². The number of ether oxygens (including phenoxy) is 1. The van der Waals surface area contributed by atoms with E-state index in [0.29, 0.717) is 18.9 Å². The highest BCUT2D eigenvalue weighted by molar-refractivity contribution is 5.21. The van der Waals surface area contributed by atoms with Crippen molar-refractivity contribution >= 4 is 0 Å². The first-order valence-electron chi connectivity index (χ1n) is 5.30. The molecule has 1 heterocycles. The topological polar surface area (TPSA) is 48.1 Å². The van der Waals surface area contributed by atoms with Crippen LogP contribution in [0.4, 0.5) is 4.39 Å². The molecular formula is C13H13FN2O. The fraction of sp³-hybridized carbons (Fsp3) is 0.154. The third kappa shape index (κ3) is 3.26. The van der Waals surface area contributed by atoms with Crippen molar-refractivity contribution in [3.63, 3.8) is 0 Å². The second-order valence-electron chi connectivity index (χ2n) is 3.60. The molecule has 0 spiro atoms. The molecule has 0 unspecified atom stereocenters. The predicted octanol–water partition coefficient (Wildman–Crippen LogP) is 2.26. The summed E-state index contributed by atoms with van der Waals surface area (Å²) in [5.41, 5.74) is 7.17. The molecule has 0 fully saturated rings. The van der Waals surface area contributed by atoms with E-state index in [4.69, 9.17) is 10.5 Å². The van der Waals surface area contributed by atoms with E-state index in [0.717, 1.165) is 11.3 Å². The van der Waals surface area contributed by atoms with Crippen LogP contribution in [-0.4, -0.2) is 4.98 Å². The van der Waals surface area contributed by atoms with E-state index in [2.05, 4.69) is 4.98 Å². The van der Waals surface area contributed by atoms with Gasteiger partial charge in [0, 0.05) is 6.54 Å². The Bertz CT molecular complexity index is 468. The normalized spacial score (nSPS) is 10.2. The second kappa shape index (κ2) is 5.41. The first-order chi connectivity index (χ1) is 8.28. The van der Waals surface area contributed by atoms with Gasteiger partial charge in [-0.3, -0.25) is 4.98 Å². The number of hydrogen-bond acceptors (Lipinski definition) is 3. The lowest BCUT2D eigenvalue weighted by atomic mass is 10.2. The van der Waals surface area contributed by atoms with Crippen LogP contribution in [0, 0.1) is 5.82 Å². The highest BCUT2D eigenvalue weighted by atomic mass is 19.1. The molecule has 17 heavy (non-hydrogen) atoms. The molecule has 0 radical (unpaired) electrons. The zero-order valence-corrected chi connectivity index (χ0v) is 9.27. The van der Waals surface area contributed by atoms with Crippen molar-refractivity contribution in [3.8, 4) is 5.75 Å². The summed E-state index contributed by atoms with van der Waals surface area (Å²) in [5, 5.41) is 0. The summed E-state index contributed by atoms with van der Waals surface area (Å²) < 4.78 is 18.2. The molecule has 2 N–H and O–H groups in total. The van der Waals surface area contributed by atoms with E-state index in [1.165, 1.54) is 12.1 Å². The first-order valence-corrected chi connectivity index (χ1v) is 5.30. The van der Waals surface area contributed by atoms with Gasteiger partial charge in [-0.1, -0.05) is 12.1 Å². The molecule has 0 saturated heterocycles. The smallest absolute Gasteiger partial charge is 0.138 e. The number of benzene rings is 1. The summed E-state index contributed by atoms with van der Waals surface area (Å²) in [4.78, 5) is 4.11. The van der Waals surface area contributed by atoms with Crippen LogP contribution in [0.1, 0.15) is 11.3 Å². The van der Waals surface area contributed by atoms with Gasteiger partial charge in [-0.2, -0.15) is 0 Å². The Hall–Kier alpha value is -1.94. The third-order valence-corrected chi connectivity index (χ3v) is 2.33. The summed E-state index contributed by atoms with van der Waals surface area (Å²) in [6.45, 7) is 0.808. The number of pyridine rings is 1. The van der Waals surface area contributed by atoms with Gasteiger partial charge in [0.1, 0.15) is 18.2 Å². The highest BCUT2D eigenvalue weighted by Gasteiger charge is 1.97. The molecule has 0 aliphatic carbocycles. The highest BCUT2D eigenvalue weighted by Crippen LogP contribution is 2.12. The Kier molecular flexibility index (Phi) is 3.67. The minimum atomic E-state index is -0.247. The molecule has 0 amide bonds. The number of halogens is 1. The maximum absolute atomic E-state index is 12.7. The van der Waals surface area contributed by atoms with Gasteiger partial charge in [-0.15, -0.1) is 0 Å². The number of rotatable bonds is 4.